The maximum Gasteiger partial charge on any atom is 0.119 e. The van der Waals surface area contributed by atoms with Gasteiger partial charge >= 0.3 is 0 Å². The third-order valence-corrected chi connectivity index (χ3v) is 9.20. The molecule has 2 fully saturated rings. The van der Waals surface area contributed by atoms with Gasteiger partial charge in [-0.3, -0.25) is 0 Å². The molecule has 1 nitrogen and oxygen atoms in total. The molecule has 0 N–H and O–H groups in total. The Hall–Kier alpha value is -0.980. The molecule has 1 heteroatoms. The monoisotopic (exact) mass is 468 g/mol. The third-order valence-electron chi connectivity index (χ3n) is 9.20. The fourth-order valence-corrected chi connectivity index (χ4v) is 6.78. The van der Waals surface area contributed by atoms with Crippen LogP contribution in [-0.4, -0.2) is 6.61 Å². The van der Waals surface area contributed by atoms with E-state index in [-0.39, 0.29) is 0 Å². The van der Waals surface area contributed by atoms with E-state index in [1.165, 1.54) is 121 Å². The van der Waals surface area contributed by atoms with Gasteiger partial charge in [0.2, 0.25) is 0 Å². The van der Waals surface area contributed by atoms with Crippen LogP contribution in [0.3, 0.4) is 0 Å². The fourth-order valence-electron chi connectivity index (χ4n) is 6.78. The van der Waals surface area contributed by atoms with E-state index in [2.05, 4.69) is 38.1 Å². The summed E-state index contributed by atoms with van der Waals surface area (Å²) in [4.78, 5) is 0. The van der Waals surface area contributed by atoms with Crippen molar-refractivity contribution in [2.24, 2.45) is 23.7 Å². The first-order chi connectivity index (χ1) is 16.8. The van der Waals surface area contributed by atoms with Crippen LogP contribution >= 0.6 is 0 Å². The van der Waals surface area contributed by atoms with Gasteiger partial charge in [-0.25, -0.2) is 0 Å². The van der Waals surface area contributed by atoms with Crippen molar-refractivity contribution in [2.75, 3.05) is 6.61 Å². The largest absolute Gasteiger partial charge is 0.494 e. The summed E-state index contributed by atoms with van der Waals surface area (Å²) < 4.78 is 5.96. The first-order valence-corrected chi connectivity index (χ1v) is 15.5. The first kappa shape index (κ1) is 27.6. The summed E-state index contributed by atoms with van der Waals surface area (Å²) >= 11 is 0. The van der Waals surface area contributed by atoms with Crippen molar-refractivity contribution in [3.63, 3.8) is 0 Å². The minimum atomic E-state index is 0.870. The topological polar surface area (TPSA) is 9.23 Å². The summed E-state index contributed by atoms with van der Waals surface area (Å²) in [5.74, 6) is 5.19. The highest BCUT2D eigenvalue weighted by Crippen LogP contribution is 2.43. The molecule has 0 radical (unpaired) electrons. The van der Waals surface area contributed by atoms with Crippen LogP contribution in [0.5, 0.6) is 5.75 Å². The molecular weight excluding hydrogens is 412 g/mol. The minimum Gasteiger partial charge on any atom is -0.494 e. The van der Waals surface area contributed by atoms with Gasteiger partial charge in [-0.2, -0.15) is 0 Å². The van der Waals surface area contributed by atoms with Crippen molar-refractivity contribution < 1.29 is 4.74 Å². The van der Waals surface area contributed by atoms with Crippen LogP contribution in [0.15, 0.2) is 24.3 Å². The predicted octanol–water partition coefficient (Wildman–Crippen LogP) is 10.6. The lowest BCUT2D eigenvalue weighted by molar-refractivity contribution is 0.140. The Morgan fingerprint density at radius 1 is 0.588 bits per heavy atom. The molecule has 2 aliphatic carbocycles. The molecule has 34 heavy (non-hydrogen) atoms. The molecule has 0 spiro atoms. The SMILES string of the molecule is CCCCCCCCOc1ccc(CC[C@H]2CC[C@H]([C@H]3CC[C@H](CCCCC)CC3)CC2)cc1. The molecule has 2 saturated carbocycles. The van der Waals surface area contributed by atoms with E-state index in [0.717, 1.165) is 36.0 Å². The summed E-state index contributed by atoms with van der Waals surface area (Å²) in [5.41, 5.74) is 1.50. The average molecular weight is 469 g/mol. The Morgan fingerprint density at radius 2 is 1.12 bits per heavy atom. The summed E-state index contributed by atoms with van der Waals surface area (Å²) in [6.45, 7) is 5.48. The zero-order valence-corrected chi connectivity index (χ0v) is 22.9. The van der Waals surface area contributed by atoms with E-state index in [0.29, 0.717) is 0 Å². The van der Waals surface area contributed by atoms with Gasteiger partial charge in [0.05, 0.1) is 6.61 Å². The maximum absolute atomic E-state index is 5.96. The minimum absolute atomic E-state index is 0.870. The lowest BCUT2D eigenvalue weighted by atomic mass is 9.68. The highest BCUT2D eigenvalue weighted by molar-refractivity contribution is 5.27. The predicted molar refractivity (Wildman–Crippen MR) is 149 cm³/mol. The molecule has 1 aromatic rings. The van der Waals surface area contributed by atoms with E-state index in [9.17, 15) is 0 Å². The smallest absolute Gasteiger partial charge is 0.119 e. The molecular formula is C33H56O. The highest BCUT2D eigenvalue weighted by Gasteiger charge is 2.30. The molecule has 1 aromatic carbocycles. The quantitative estimate of drug-likeness (QED) is 0.219. The molecule has 194 valence electrons. The van der Waals surface area contributed by atoms with Crippen molar-refractivity contribution in [2.45, 2.75) is 142 Å². The highest BCUT2D eigenvalue weighted by atomic mass is 16.5. The van der Waals surface area contributed by atoms with Crippen LogP contribution in [0.25, 0.3) is 0 Å². The van der Waals surface area contributed by atoms with E-state index in [4.69, 9.17) is 4.74 Å². The molecule has 0 atom stereocenters. The summed E-state index contributed by atoms with van der Waals surface area (Å²) in [6, 6.07) is 9.01. The second-order valence-corrected chi connectivity index (χ2v) is 11.9. The van der Waals surface area contributed by atoms with Crippen LogP contribution in [0, 0.1) is 23.7 Å². The third kappa shape index (κ3) is 10.3. The normalized spacial score (nSPS) is 25.4. The number of rotatable bonds is 16. The molecule has 0 aromatic heterocycles. The van der Waals surface area contributed by atoms with Gasteiger partial charge in [0, 0.05) is 0 Å². The molecule has 2 aliphatic rings. The summed E-state index contributed by atoms with van der Waals surface area (Å²) in [6.07, 6.45) is 28.5. The number of unbranched alkanes of at least 4 members (excludes halogenated alkanes) is 7. The zero-order chi connectivity index (χ0) is 23.8. The molecule has 0 unspecified atom stereocenters. The second-order valence-electron chi connectivity index (χ2n) is 11.9. The van der Waals surface area contributed by atoms with Crippen LogP contribution in [0.4, 0.5) is 0 Å². The second kappa shape index (κ2) is 16.6. The first-order valence-electron chi connectivity index (χ1n) is 15.5. The van der Waals surface area contributed by atoms with Gasteiger partial charge in [0.15, 0.2) is 0 Å². The Labute approximate surface area is 212 Å². The van der Waals surface area contributed by atoms with Gasteiger partial charge in [0.25, 0.3) is 0 Å². The fraction of sp³-hybridized carbons (Fsp3) is 0.818. The maximum atomic E-state index is 5.96. The van der Waals surface area contributed by atoms with Crippen LogP contribution in [-0.2, 0) is 6.42 Å². The van der Waals surface area contributed by atoms with Crippen molar-refractivity contribution in [1.29, 1.82) is 0 Å². The number of aryl methyl sites for hydroxylation is 1. The Bertz CT molecular complexity index is 604. The van der Waals surface area contributed by atoms with Gasteiger partial charge in [-0.05, 0) is 86.3 Å². The Balaban J connectivity index is 1.24. The number of ether oxygens (including phenoxy) is 1. The van der Waals surface area contributed by atoms with Crippen molar-refractivity contribution in [1.82, 2.24) is 0 Å². The lowest BCUT2D eigenvalue weighted by Gasteiger charge is -2.38. The van der Waals surface area contributed by atoms with Crippen molar-refractivity contribution >= 4 is 0 Å². The van der Waals surface area contributed by atoms with Crippen LogP contribution < -0.4 is 4.74 Å². The summed E-state index contributed by atoms with van der Waals surface area (Å²) in [5, 5.41) is 0. The van der Waals surface area contributed by atoms with Crippen molar-refractivity contribution in [3.05, 3.63) is 29.8 Å². The number of hydrogen-bond donors (Lipinski definition) is 0. The van der Waals surface area contributed by atoms with Gasteiger partial charge in [-0.15, -0.1) is 0 Å². The van der Waals surface area contributed by atoms with Crippen molar-refractivity contribution in [3.8, 4) is 5.75 Å². The standard InChI is InChI=1S/C33H56O/c1-3-5-7-8-9-11-27-34-33-25-19-30(20-26-33)14-13-29-17-23-32(24-18-29)31-21-15-28(16-22-31)12-10-6-4-2/h19-20,25-26,28-29,31-32H,3-18,21-24,27H2,1-2H3/t28-,29-,31-,32-. The molecule has 0 saturated heterocycles. The summed E-state index contributed by atoms with van der Waals surface area (Å²) in [7, 11) is 0. The number of benzene rings is 1. The Morgan fingerprint density at radius 3 is 1.74 bits per heavy atom. The van der Waals surface area contributed by atoms with E-state index >= 15 is 0 Å². The molecule has 3 rings (SSSR count). The van der Waals surface area contributed by atoms with E-state index in [1.807, 2.05) is 0 Å². The van der Waals surface area contributed by atoms with Gasteiger partial charge in [-0.1, -0.05) is 109 Å². The zero-order valence-electron chi connectivity index (χ0n) is 22.9. The molecule has 0 amide bonds. The van der Waals surface area contributed by atoms with E-state index in [1.54, 1.807) is 12.8 Å². The van der Waals surface area contributed by atoms with Crippen LogP contribution in [0.1, 0.15) is 141 Å². The van der Waals surface area contributed by atoms with Gasteiger partial charge < -0.3 is 4.74 Å². The molecule has 0 bridgehead atoms. The van der Waals surface area contributed by atoms with Crippen LogP contribution in [0.2, 0.25) is 0 Å². The Kier molecular flexibility index (Phi) is 13.5. The number of hydrogen-bond acceptors (Lipinski definition) is 1. The van der Waals surface area contributed by atoms with Gasteiger partial charge in [0.1, 0.15) is 5.75 Å². The molecule has 0 heterocycles. The lowest BCUT2D eigenvalue weighted by Crippen LogP contribution is -2.26. The molecule has 0 aliphatic heterocycles. The average Bonchev–Trinajstić information content (AvgIpc) is 2.88. The van der Waals surface area contributed by atoms with E-state index < -0.39 is 0 Å².